The lowest BCUT2D eigenvalue weighted by molar-refractivity contribution is 0.127. The third kappa shape index (κ3) is 6.60. The molecule has 0 fully saturated rings. The highest BCUT2D eigenvalue weighted by atomic mass is 16.5. The van der Waals surface area contributed by atoms with E-state index in [1.165, 1.54) is 5.56 Å². The van der Waals surface area contributed by atoms with Gasteiger partial charge >= 0.3 is 6.03 Å². The van der Waals surface area contributed by atoms with E-state index in [-0.39, 0.29) is 12.1 Å². The Hall–Kier alpha value is -3.33. The van der Waals surface area contributed by atoms with Crippen LogP contribution in [-0.2, 0) is 17.9 Å². The van der Waals surface area contributed by atoms with Gasteiger partial charge in [0.25, 0.3) is 0 Å². The fraction of sp³-hybridized carbons (Fsp3) is 0.480. The Bertz CT molecular complexity index is 1080. The van der Waals surface area contributed by atoms with Crippen molar-refractivity contribution in [3.8, 4) is 0 Å². The molecule has 0 saturated carbocycles. The predicted molar refractivity (Wildman–Crippen MR) is 137 cm³/mol. The van der Waals surface area contributed by atoms with Crippen LogP contribution in [0.2, 0.25) is 0 Å². The number of rotatable bonds is 12. The molecule has 3 rings (SSSR count). The minimum atomic E-state index is -0.146. The van der Waals surface area contributed by atoms with Crippen molar-refractivity contribution < 1.29 is 9.53 Å². The van der Waals surface area contributed by atoms with Crippen LogP contribution in [0, 0.1) is 13.8 Å². The molecule has 4 N–H and O–H groups in total. The Balaban J connectivity index is 1.79. The minimum absolute atomic E-state index is 0.112. The number of amides is 2. The normalized spacial score (nSPS) is 11.1. The van der Waals surface area contributed by atoms with Crippen LogP contribution in [0.15, 0.2) is 30.3 Å². The van der Waals surface area contributed by atoms with Gasteiger partial charge in [0, 0.05) is 38.0 Å². The third-order valence-corrected chi connectivity index (χ3v) is 5.42. The second-order valence-electron chi connectivity index (χ2n) is 8.52. The standard InChI is InChI=1S/C25H37N7O2/c1-6-34-16-21-31-22-23(32(21)28-14-10-13-26-25(33)29-17(2)3)18(4)19(5)30-24(22)27-15-20-11-8-7-9-12-20/h7-9,11-12,17,28H,6,10,13-16H2,1-5H3,(H,27,30)(H2,26,29,33). The largest absolute Gasteiger partial charge is 0.374 e. The van der Waals surface area contributed by atoms with Gasteiger partial charge in [0.15, 0.2) is 11.6 Å². The summed E-state index contributed by atoms with van der Waals surface area (Å²) in [5, 5.41) is 9.18. The second-order valence-corrected chi connectivity index (χ2v) is 8.52. The van der Waals surface area contributed by atoms with Crippen LogP contribution in [0.25, 0.3) is 11.0 Å². The SMILES string of the molecule is CCOCc1nc2c(NCc3ccccc3)nc(C)c(C)c2n1NCCCNC(=O)NC(C)C. The van der Waals surface area contributed by atoms with Crippen molar-refractivity contribution in [2.24, 2.45) is 0 Å². The first-order chi connectivity index (χ1) is 16.4. The molecule has 3 aromatic rings. The van der Waals surface area contributed by atoms with Crippen molar-refractivity contribution in [2.45, 2.75) is 60.2 Å². The number of pyridine rings is 1. The van der Waals surface area contributed by atoms with Gasteiger partial charge in [0.05, 0.1) is 5.52 Å². The lowest BCUT2D eigenvalue weighted by Crippen LogP contribution is -2.40. The van der Waals surface area contributed by atoms with E-state index in [2.05, 4.69) is 40.4 Å². The number of imidazole rings is 1. The highest BCUT2D eigenvalue weighted by Gasteiger charge is 2.19. The van der Waals surface area contributed by atoms with E-state index >= 15 is 0 Å². The summed E-state index contributed by atoms with van der Waals surface area (Å²) in [4.78, 5) is 21.5. The van der Waals surface area contributed by atoms with Gasteiger partial charge in [0.2, 0.25) is 0 Å². The maximum atomic E-state index is 11.8. The van der Waals surface area contributed by atoms with Crippen LogP contribution in [0.3, 0.4) is 0 Å². The quantitative estimate of drug-likeness (QED) is 0.302. The molecule has 0 aliphatic heterocycles. The molecule has 1 aromatic carbocycles. The van der Waals surface area contributed by atoms with Gasteiger partial charge in [-0.3, -0.25) is 0 Å². The molecule has 0 spiro atoms. The van der Waals surface area contributed by atoms with Crippen LogP contribution in [0.5, 0.6) is 0 Å². The first kappa shape index (κ1) is 25.3. The van der Waals surface area contributed by atoms with Gasteiger partial charge in [-0.2, -0.15) is 0 Å². The van der Waals surface area contributed by atoms with Crippen LogP contribution >= 0.6 is 0 Å². The lowest BCUT2D eigenvalue weighted by atomic mass is 10.2. The molecule has 0 bridgehead atoms. The molecule has 0 radical (unpaired) electrons. The Labute approximate surface area is 201 Å². The molecule has 0 saturated heterocycles. The van der Waals surface area contributed by atoms with Gasteiger partial charge in [-0.1, -0.05) is 30.3 Å². The number of benzene rings is 1. The number of carbonyl (C=O) groups is 1. The number of aryl methyl sites for hydroxylation is 2. The third-order valence-electron chi connectivity index (χ3n) is 5.42. The number of nitrogens with one attached hydrogen (secondary N) is 4. The van der Waals surface area contributed by atoms with E-state index in [4.69, 9.17) is 14.7 Å². The average molecular weight is 468 g/mol. The number of nitrogens with zero attached hydrogens (tertiary/aromatic N) is 3. The summed E-state index contributed by atoms with van der Waals surface area (Å²) >= 11 is 0. The summed E-state index contributed by atoms with van der Waals surface area (Å²) in [6, 6.07) is 10.2. The Kier molecular flexibility index (Phi) is 9.09. The van der Waals surface area contributed by atoms with E-state index in [0.717, 1.165) is 40.4 Å². The zero-order chi connectivity index (χ0) is 24.5. The van der Waals surface area contributed by atoms with Crippen molar-refractivity contribution in [2.75, 3.05) is 30.4 Å². The summed E-state index contributed by atoms with van der Waals surface area (Å²) in [6.07, 6.45) is 0.765. The highest BCUT2D eigenvalue weighted by Crippen LogP contribution is 2.27. The number of aromatic nitrogens is 3. The van der Waals surface area contributed by atoms with Crippen LogP contribution in [0.1, 0.15) is 49.8 Å². The highest BCUT2D eigenvalue weighted by molar-refractivity contribution is 5.90. The summed E-state index contributed by atoms with van der Waals surface area (Å²) < 4.78 is 7.71. The van der Waals surface area contributed by atoms with E-state index in [0.29, 0.717) is 32.8 Å². The molecule has 0 unspecified atom stereocenters. The molecule has 0 atom stereocenters. The predicted octanol–water partition coefficient (Wildman–Crippen LogP) is 3.84. The van der Waals surface area contributed by atoms with Crippen molar-refractivity contribution in [3.63, 3.8) is 0 Å². The van der Waals surface area contributed by atoms with Crippen LogP contribution in [-0.4, -0.2) is 46.4 Å². The van der Waals surface area contributed by atoms with Gasteiger partial charge in [-0.25, -0.2) is 19.4 Å². The number of fused-ring (bicyclic) bond motifs is 1. The first-order valence-corrected chi connectivity index (χ1v) is 11.9. The average Bonchev–Trinajstić information content (AvgIpc) is 3.17. The van der Waals surface area contributed by atoms with Crippen LogP contribution < -0.4 is 21.4 Å². The number of anilines is 1. The number of carbonyl (C=O) groups excluding carboxylic acids is 1. The number of hydrogen-bond donors (Lipinski definition) is 4. The van der Waals surface area contributed by atoms with Crippen molar-refractivity contribution >= 4 is 22.9 Å². The fourth-order valence-electron chi connectivity index (χ4n) is 3.61. The topological polar surface area (TPSA) is 105 Å². The van der Waals surface area contributed by atoms with Crippen LogP contribution in [0.4, 0.5) is 10.6 Å². The summed E-state index contributed by atoms with van der Waals surface area (Å²) in [5.41, 5.74) is 8.47. The zero-order valence-corrected chi connectivity index (χ0v) is 20.9. The molecule has 9 nitrogen and oxygen atoms in total. The molecule has 9 heteroatoms. The monoisotopic (exact) mass is 467 g/mol. The maximum absolute atomic E-state index is 11.8. The molecular weight excluding hydrogens is 430 g/mol. The summed E-state index contributed by atoms with van der Waals surface area (Å²) in [5.74, 6) is 1.55. The van der Waals surface area contributed by atoms with Gasteiger partial charge < -0.3 is 26.1 Å². The van der Waals surface area contributed by atoms with E-state index in [1.807, 2.05) is 50.6 Å². The van der Waals surface area contributed by atoms with E-state index < -0.39 is 0 Å². The van der Waals surface area contributed by atoms with Gasteiger partial charge in [0.1, 0.15) is 12.1 Å². The van der Waals surface area contributed by atoms with E-state index in [1.54, 1.807) is 0 Å². The molecule has 34 heavy (non-hydrogen) atoms. The minimum Gasteiger partial charge on any atom is -0.374 e. The molecule has 2 aromatic heterocycles. The van der Waals surface area contributed by atoms with E-state index in [9.17, 15) is 4.79 Å². The zero-order valence-electron chi connectivity index (χ0n) is 20.9. The fourth-order valence-corrected chi connectivity index (χ4v) is 3.61. The molecular formula is C25H37N7O2. The smallest absolute Gasteiger partial charge is 0.314 e. The van der Waals surface area contributed by atoms with Crippen molar-refractivity contribution in [3.05, 3.63) is 53.0 Å². The number of ether oxygens (including phenoxy) is 1. The van der Waals surface area contributed by atoms with Gasteiger partial charge in [-0.15, -0.1) is 0 Å². The lowest BCUT2D eigenvalue weighted by Gasteiger charge is -2.15. The molecule has 0 aliphatic rings. The summed E-state index contributed by atoms with van der Waals surface area (Å²) in [6.45, 7) is 12.8. The Morgan fingerprint density at radius 2 is 1.88 bits per heavy atom. The van der Waals surface area contributed by atoms with Crippen molar-refractivity contribution in [1.82, 2.24) is 25.3 Å². The van der Waals surface area contributed by atoms with Gasteiger partial charge in [-0.05, 0) is 52.2 Å². The maximum Gasteiger partial charge on any atom is 0.314 e. The Morgan fingerprint density at radius 3 is 2.59 bits per heavy atom. The molecule has 2 heterocycles. The molecule has 0 aliphatic carbocycles. The summed E-state index contributed by atoms with van der Waals surface area (Å²) in [7, 11) is 0. The molecule has 2 amide bonds. The first-order valence-electron chi connectivity index (χ1n) is 11.9. The van der Waals surface area contributed by atoms with Crippen molar-refractivity contribution in [1.29, 1.82) is 0 Å². The number of hydrogen-bond acceptors (Lipinski definition) is 6. The molecule has 184 valence electrons. The second kappa shape index (κ2) is 12.2. The number of urea groups is 1. The Morgan fingerprint density at radius 1 is 1.12 bits per heavy atom.